The van der Waals surface area contributed by atoms with Crippen LogP contribution in [-0.2, 0) is 9.53 Å². The molecule has 0 atom stereocenters. The number of ether oxygens (including phenoxy) is 2. The van der Waals surface area contributed by atoms with Crippen LogP contribution in [0, 0.1) is 10.1 Å². The van der Waals surface area contributed by atoms with Gasteiger partial charge < -0.3 is 14.8 Å². The zero-order valence-corrected chi connectivity index (χ0v) is 18.9. The van der Waals surface area contributed by atoms with Gasteiger partial charge in [-0.25, -0.2) is 4.79 Å². The Labute approximate surface area is 194 Å². The fourth-order valence-corrected chi connectivity index (χ4v) is 3.98. The summed E-state index contributed by atoms with van der Waals surface area (Å²) in [5.74, 6) is -0.307. The SMILES string of the molecule is CCOC(=O)c1c(-c2cccc([N+](=O)[O-])c2)csc1NC(=O)C=Cc1ccc(OCC)cc1. The summed E-state index contributed by atoms with van der Waals surface area (Å²) in [5.41, 5.74) is 1.80. The van der Waals surface area contributed by atoms with Crippen molar-refractivity contribution >= 4 is 40.0 Å². The molecule has 0 saturated heterocycles. The number of non-ortho nitro benzene ring substituents is 1. The Bertz CT molecular complexity index is 1180. The van der Waals surface area contributed by atoms with E-state index in [-0.39, 0.29) is 17.9 Å². The molecule has 1 N–H and O–H groups in total. The maximum absolute atomic E-state index is 12.7. The van der Waals surface area contributed by atoms with Gasteiger partial charge in [-0.2, -0.15) is 0 Å². The van der Waals surface area contributed by atoms with Gasteiger partial charge in [0.1, 0.15) is 16.3 Å². The predicted molar refractivity (Wildman–Crippen MR) is 128 cm³/mol. The number of nitrogens with one attached hydrogen (secondary N) is 1. The van der Waals surface area contributed by atoms with Gasteiger partial charge in [0.05, 0.1) is 18.1 Å². The van der Waals surface area contributed by atoms with E-state index in [0.717, 1.165) is 22.6 Å². The highest BCUT2D eigenvalue weighted by molar-refractivity contribution is 7.15. The number of benzene rings is 2. The van der Waals surface area contributed by atoms with Crippen molar-refractivity contribution in [3.63, 3.8) is 0 Å². The molecule has 2 aromatic carbocycles. The Kier molecular flexibility index (Phi) is 7.93. The Balaban J connectivity index is 1.85. The molecular formula is C24H22N2O6S. The highest BCUT2D eigenvalue weighted by Crippen LogP contribution is 2.37. The first-order valence-corrected chi connectivity index (χ1v) is 11.1. The van der Waals surface area contributed by atoms with Crippen LogP contribution in [0.3, 0.4) is 0 Å². The van der Waals surface area contributed by atoms with E-state index in [9.17, 15) is 19.7 Å². The number of nitro groups is 1. The fraction of sp³-hybridized carbons (Fsp3) is 0.167. The molecule has 3 aromatic rings. The van der Waals surface area contributed by atoms with Crippen LogP contribution in [-0.4, -0.2) is 30.0 Å². The van der Waals surface area contributed by atoms with Crippen LogP contribution in [0.2, 0.25) is 0 Å². The molecule has 0 radical (unpaired) electrons. The summed E-state index contributed by atoms with van der Waals surface area (Å²) in [4.78, 5) is 35.8. The predicted octanol–water partition coefficient (Wildman–Crippen LogP) is 5.55. The zero-order chi connectivity index (χ0) is 23.8. The van der Waals surface area contributed by atoms with Crippen molar-refractivity contribution in [1.82, 2.24) is 0 Å². The Morgan fingerprint density at radius 3 is 2.55 bits per heavy atom. The van der Waals surface area contributed by atoms with Gasteiger partial charge in [-0.05, 0) is 43.2 Å². The van der Waals surface area contributed by atoms with Crippen molar-refractivity contribution in [3.05, 3.63) is 81.2 Å². The van der Waals surface area contributed by atoms with Crippen LogP contribution < -0.4 is 10.1 Å². The number of carbonyl (C=O) groups is 2. The topological polar surface area (TPSA) is 108 Å². The summed E-state index contributed by atoms with van der Waals surface area (Å²) < 4.78 is 10.6. The van der Waals surface area contributed by atoms with Crippen molar-refractivity contribution in [1.29, 1.82) is 0 Å². The molecule has 0 aliphatic heterocycles. The number of nitro benzene ring substituents is 1. The van der Waals surface area contributed by atoms with E-state index >= 15 is 0 Å². The van der Waals surface area contributed by atoms with Gasteiger partial charge in [0, 0.05) is 29.2 Å². The van der Waals surface area contributed by atoms with Crippen LogP contribution >= 0.6 is 11.3 Å². The van der Waals surface area contributed by atoms with Gasteiger partial charge in [-0.1, -0.05) is 24.3 Å². The van der Waals surface area contributed by atoms with Gasteiger partial charge in [-0.3, -0.25) is 14.9 Å². The molecule has 8 nitrogen and oxygen atoms in total. The molecule has 0 fully saturated rings. The van der Waals surface area contributed by atoms with E-state index in [1.807, 2.05) is 31.2 Å². The highest BCUT2D eigenvalue weighted by atomic mass is 32.1. The second-order valence-electron chi connectivity index (χ2n) is 6.71. The van der Waals surface area contributed by atoms with E-state index in [4.69, 9.17) is 9.47 Å². The van der Waals surface area contributed by atoms with Gasteiger partial charge in [0.2, 0.25) is 5.91 Å². The maximum atomic E-state index is 12.7. The van der Waals surface area contributed by atoms with Crippen molar-refractivity contribution in [3.8, 4) is 16.9 Å². The largest absolute Gasteiger partial charge is 0.494 e. The van der Waals surface area contributed by atoms with Gasteiger partial charge in [0.15, 0.2) is 0 Å². The molecule has 0 bridgehead atoms. The first kappa shape index (κ1) is 23.7. The molecule has 1 amide bonds. The Morgan fingerprint density at radius 1 is 1.12 bits per heavy atom. The van der Waals surface area contributed by atoms with Crippen LogP contribution in [0.15, 0.2) is 60.0 Å². The van der Waals surface area contributed by atoms with Crippen molar-refractivity contribution < 1.29 is 24.0 Å². The average molecular weight is 467 g/mol. The lowest BCUT2D eigenvalue weighted by Crippen LogP contribution is -2.12. The van der Waals surface area contributed by atoms with E-state index in [0.29, 0.717) is 22.7 Å². The first-order chi connectivity index (χ1) is 15.9. The molecule has 33 heavy (non-hydrogen) atoms. The first-order valence-electron chi connectivity index (χ1n) is 10.2. The molecule has 1 aromatic heterocycles. The second-order valence-corrected chi connectivity index (χ2v) is 7.59. The molecule has 0 aliphatic rings. The molecule has 0 unspecified atom stereocenters. The number of thiophene rings is 1. The average Bonchev–Trinajstić information content (AvgIpc) is 3.22. The van der Waals surface area contributed by atoms with Gasteiger partial charge >= 0.3 is 5.97 Å². The number of carbonyl (C=O) groups excluding carboxylic acids is 2. The van der Waals surface area contributed by atoms with E-state index in [2.05, 4.69) is 5.32 Å². The molecule has 170 valence electrons. The maximum Gasteiger partial charge on any atom is 0.341 e. The van der Waals surface area contributed by atoms with Crippen LogP contribution in [0.5, 0.6) is 5.75 Å². The molecule has 9 heteroatoms. The smallest absolute Gasteiger partial charge is 0.341 e. The quantitative estimate of drug-likeness (QED) is 0.192. The monoisotopic (exact) mass is 466 g/mol. The second kappa shape index (κ2) is 11.1. The van der Waals surface area contributed by atoms with Crippen LogP contribution in [0.25, 0.3) is 17.2 Å². The summed E-state index contributed by atoms with van der Waals surface area (Å²) >= 11 is 1.14. The minimum atomic E-state index is -0.619. The van der Waals surface area contributed by atoms with Crippen molar-refractivity contribution in [2.24, 2.45) is 0 Å². The van der Waals surface area contributed by atoms with Crippen LogP contribution in [0.4, 0.5) is 10.7 Å². The highest BCUT2D eigenvalue weighted by Gasteiger charge is 2.23. The lowest BCUT2D eigenvalue weighted by Gasteiger charge is -2.08. The van der Waals surface area contributed by atoms with Gasteiger partial charge in [-0.15, -0.1) is 11.3 Å². The number of esters is 1. The molecule has 3 rings (SSSR count). The summed E-state index contributed by atoms with van der Waals surface area (Å²) in [7, 11) is 0. The van der Waals surface area contributed by atoms with Crippen LogP contribution in [0.1, 0.15) is 29.8 Å². The normalized spacial score (nSPS) is 10.7. The number of hydrogen-bond acceptors (Lipinski definition) is 7. The third-order valence-corrected chi connectivity index (χ3v) is 5.39. The molecule has 0 saturated carbocycles. The van der Waals surface area contributed by atoms with E-state index < -0.39 is 16.8 Å². The number of hydrogen-bond donors (Lipinski definition) is 1. The third kappa shape index (κ3) is 6.05. The standard InChI is InChI=1S/C24H22N2O6S/c1-3-31-19-11-8-16(9-12-19)10-13-21(27)25-23-22(24(28)32-4-2)20(15-33-23)17-6-5-7-18(14-17)26(29)30/h5-15H,3-4H2,1-2H3,(H,25,27). The fourth-order valence-electron chi connectivity index (χ4n) is 3.02. The van der Waals surface area contributed by atoms with Gasteiger partial charge in [0.25, 0.3) is 5.69 Å². The molecule has 1 heterocycles. The lowest BCUT2D eigenvalue weighted by atomic mass is 10.0. The molecular weight excluding hydrogens is 444 g/mol. The van der Waals surface area contributed by atoms with Crippen molar-refractivity contribution in [2.75, 3.05) is 18.5 Å². The zero-order valence-electron chi connectivity index (χ0n) is 18.1. The Morgan fingerprint density at radius 2 is 1.88 bits per heavy atom. The summed E-state index contributed by atoms with van der Waals surface area (Å²) in [6, 6.07) is 13.2. The number of nitrogens with zero attached hydrogens (tertiary/aromatic N) is 1. The minimum Gasteiger partial charge on any atom is -0.494 e. The van der Waals surface area contributed by atoms with E-state index in [1.54, 1.807) is 24.4 Å². The summed E-state index contributed by atoms with van der Waals surface area (Å²) in [6.45, 7) is 4.29. The Hall–Kier alpha value is -3.98. The molecule has 0 aliphatic carbocycles. The summed E-state index contributed by atoms with van der Waals surface area (Å²) in [5, 5.41) is 15.8. The molecule has 0 spiro atoms. The number of amides is 1. The van der Waals surface area contributed by atoms with Crippen molar-refractivity contribution in [2.45, 2.75) is 13.8 Å². The minimum absolute atomic E-state index is 0.0996. The van der Waals surface area contributed by atoms with E-state index in [1.165, 1.54) is 24.3 Å². The number of anilines is 1. The third-order valence-electron chi connectivity index (χ3n) is 4.49. The number of rotatable bonds is 9. The summed E-state index contributed by atoms with van der Waals surface area (Å²) in [6.07, 6.45) is 3.00. The lowest BCUT2D eigenvalue weighted by molar-refractivity contribution is -0.384.